The van der Waals surface area contributed by atoms with E-state index in [4.69, 9.17) is 34.7 Å². The summed E-state index contributed by atoms with van der Waals surface area (Å²) in [5.41, 5.74) is 9.59. The molecule has 12 heteroatoms. The highest BCUT2D eigenvalue weighted by molar-refractivity contribution is 7.89. The smallest absolute Gasteiger partial charge is 0.368 e. The zero-order valence-electron chi connectivity index (χ0n) is 7.94. The summed E-state index contributed by atoms with van der Waals surface area (Å²) in [7, 11) is -4.33. The van der Waals surface area contributed by atoms with Crippen LogP contribution in [-0.2, 0) is 10.2 Å². The van der Waals surface area contributed by atoms with Gasteiger partial charge in [-0.2, -0.15) is 8.42 Å². The van der Waals surface area contributed by atoms with Crippen LogP contribution in [0.5, 0.6) is 0 Å². The van der Waals surface area contributed by atoms with Crippen LogP contribution in [0.15, 0.2) is 19.0 Å². The molecule has 6 N–H and O–H groups in total. The minimum atomic E-state index is -4.33. The first kappa shape index (κ1) is 13.5. The maximum Gasteiger partial charge on any atom is 0.368 e. The van der Waals surface area contributed by atoms with Crippen LogP contribution in [0.3, 0.4) is 0 Å². The number of carbonyl (C=O) groups is 1. The van der Waals surface area contributed by atoms with Crippen LogP contribution in [0.25, 0.3) is 0 Å². The zero-order chi connectivity index (χ0) is 13.2. The van der Waals surface area contributed by atoms with Crippen LogP contribution in [0.4, 0.5) is 4.79 Å². The molecule has 9 nitrogen and oxygen atoms in total. The van der Waals surface area contributed by atoms with E-state index in [1.54, 1.807) is 0 Å². The lowest BCUT2D eigenvalue weighted by Gasteiger charge is -1.97. The van der Waals surface area contributed by atoms with Crippen LogP contribution in [0, 0.1) is 0 Å². The maximum absolute atomic E-state index is 11.2. The maximum atomic E-state index is 11.2. The van der Waals surface area contributed by atoms with Crippen LogP contribution in [0.2, 0.25) is 0 Å². The highest BCUT2D eigenvalue weighted by Crippen LogP contribution is 2.16. The van der Waals surface area contributed by atoms with Gasteiger partial charge in [-0.1, -0.05) is 23.2 Å². The van der Waals surface area contributed by atoms with Crippen molar-refractivity contribution < 1.29 is 13.2 Å². The van der Waals surface area contributed by atoms with E-state index in [-0.39, 0.29) is 10.2 Å². The minimum absolute atomic E-state index is 0.187. The summed E-state index contributed by atoms with van der Waals surface area (Å²) < 4.78 is 28.1. The monoisotopic (exact) mass is 300 g/mol. The van der Waals surface area contributed by atoms with Gasteiger partial charge >= 0.3 is 16.2 Å². The third kappa shape index (κ3) is 3.76. The lowest BCUT2D eigenvalue weighted by Crippen LogP contribution is -2.25. The number of halogens is 2. The van der Waals surface area contributed by atoms with Crippen molar-refractivity contribution in [1.29, 1.82) is 0 Å². The summed E-state index contributed by atoms with van der Waals surface area (Å²) in [6.07, 6.45) is 0. The van der Waals surface area contributed by atoms with E-state index < -0.39 is 28.0 Å². The molecule has 1 heterocycles. The molecule has 0 aromatic heterocycles. The van der Waals surface area contributed by atoms with E-state index in [1.165, 1.54) is 0 Å². The number of nitrogens with zero attached hydrogens (tertiary/aromatic N) is 2. The average molecular weight is 301 g/mol. The molecule has 0 saturated carbocycles. The molecule has 2 amide bonds. The van der Waals surface area contributed by atoms with Crippen LogP contribution in [0.1, 0.15) is 0 Å². The summed E-state index contributed by atoms with van der Waals surface area (Å²) in [4.78, 5) is 10.9. The van der Waals surface area contributed by atoms with Crippen molar-refractivity contribution in [2.75, 3.05) is 0 Å². The van der Waals surface area contributed by atoms with Gasteiger partial charge in [0.1, 0.15) is 10.2 Å². The Labute approximate surface area is 106 Å². The van der Waals surface area contributed by atoms with Crippen LogP contribution >= 0.6 is 23.2 Å². The van der Waals surface area contributed by atoms with Gasteiger partial charge in [0, 0.05) is 0 Å². The molecule has 1 aliphatic heterocycles. The molecule has 1 saturated heterocycles. The fourth-order valence-corrected chi connectivity index (χ4v) is 1.80. The Bertz CT molecular complexity index is 542. The molecule has 0 atom stereocenters. The number of hydrogen-bond donors (Lipinski definition) is 4. The molecule has 0 spiro atoms. The minimum Gasteiger partial charge on any atom is -0.369 e. The molecule has 94 valence electrons. The van der Waals surface area contributed by atoms with Crippen LogP contribution in [-0.4, -0.2) is 26.2 Å². The van der Waals surface area contributed by atoms with Gasteiger partial charge in [-0.05, 0) is 0 Å². The van der Waals surface area contributed by atoms with Crippen molar-refractivity contribution in [2.24, 2.45) is 20.3 Å². The van der Waals surface area contributed by atoms with Crippen molar-refractivity contribution in [1.82, 2.24) is 10.6 Å². The van der Waals surface area contributed by atoms with Crippen molar-refractivity contribution in [3.63, 3.8) is 0 Å². The molecular formula is C5H6Cl2N6O3S. The van der Waals surface area contributed by atoms with Gasteiger partial charge in [-0.3, -0.25) is 5.32 Å². The van der Waals surface area contributed by atoms with E-state index in [1.807, 2.05) is 0 Å². The molecule has 17 heavy (non-hydrogen) atoms. The number of nitrogens with two attached hydrogens (primary N) is 2. The molecule has 0 aromatic carbocycles. The molecule has 1 aliphatic rings. The third-order valence-corrected chi connectivity index (χ3v) is 2.56. The second-order valence-corrected chi connectivity index (χ2v) is 4.83. The standard InChI is InChI=1S/C5H6Cl2N6O3S/c6-2(7)1-3(11-5(14)10-1)12-17(15,16)13-4(8)9/h(H4,8,9,13)(H2,10,11,12,14). The Morgan fingerprint density at radius 3 is 2.29 bits per heavy atom. The van der Waals surface area contributed by atoms with Gasteiger partial charge < -0.3 is 16.8 Å². The summed E-state index contributed by atoms with van der Waals surface area (Å²) >= 11 is 10.8. The third-order valence-electron chi connectivity index (χ3n) is 1.32. The molecule has 0 bridgehead atoms. The number of rotatable bonds is 2. The van der Waals surface area contributed by atoms with Gasteiger partial charge in [-0.25, -0.2) is 4.79 Å². The fourth-order valence-electron chi connectivity index (χ4n) is 0.848. The van der Waals surface area contributed by atoms with Crippen molar-refractivity contribution in [3.8, 4) is 0 Å². The topological polar surface area (TPSA) is 152 Å². The first-order chi connectivity index (χ1) is 7.71. The van der Waals surface area contributed by atoms with Gasteiger partial charge in [0.2, 0.25) is 5.96 Å². The number of guanidine groups is 1. The van der Waals surface area contributed by atoms with E-state index in [2.05, 4.69) is 19.4 Å². The van der Waals surface area contributed by atoms with E-state index in [0.717, 1.165) is 0 Å². The lowest BCUT2D eigenvalue weighted by molar-refractivity contribution is 0.250. The lowest BCUT2D eigenvalue weighted by atomic mass is 10.5. The first-order valence-corrected chi connectivity index (χ1v) is 5.96. The summed E-state index contributed by atoms with van der Waals surface area (Å²) in [6.45, 7) is 0. The highest BCUT2D eigenvalue weighted by atomic mass is 35.5. The predicted octanol–water partition coefficient (Wildman–Crippen LogP) is -1.14. The number of amidine groups is 1. The van der Waals surface area contributed by atoms with E-state index in [9.17, 15) is 13.2 Å². The summed E-state index contributed by atoms with van der Waals surface area (Å²) in [5, 5.41) is 4.20. The molecule has 1 rings (SSSR count). The zero-order valence-corrected chi connectivity index (χ0v) is 10.3. The Morgan fingerprint density at radius 2 is 1.82 bits per heavy atom. The van der Waals surface area contributed by atoms with Crippen molar-refractivity contribution >= 4 is 51.2 Å². The number of carbonyl (C=O) groups excluding carboxylic acids is 1. The number of nitrogens with one attached hydrogen (secondary N) is 2. The molecule has 0 radical (unpaired) electrons. The SMILES string of the molecule is NC(N)=NS(=O)(=O)/N=C1\NC(=O)NC1=C(Cl)Cl. The van der Waals surface area contributed by atoms with Gasteiger partial charge in [0.25, 0.3) is 0 Å². The predicted molar refractivity (Wildman–Crippen MR) is 62.6 cm³/mol. The molecule has 1 fully saturated rings. The first-order valence-electron chi connectivity index (χ1n) is 3.81. The Balaban J connectivity index is 3.21. The second-order valence-electron chi connectivity index (χ2n) is 2.62. The van der Waals surface area contributed by atoms with E-state index >= 15 is 0 Å². The average Bonchev–Trinajstić information content (AvgIpc) is 2.42. The van der Waals surface area contributed by atoms with Crippen molar-refractivity contribution in [3.05, 3.63) is 10.2 Å². The van der Waals surface area contributed by atoms with Gasteiger partial charge in [0.05, 0.1) is 0 Å². The quantitative estimate of drug-likeness (QED) is 0.375. The molecule has 0 aliphatic carbocycles. The summed E-state index contributed by atoms with van der Waals surface area (Å²) in [6, 6.07) is -0.738. The van der Waals surface area contributed by atoms with E-state index in [0.29, 0.717) is 0 Å². The van der Waals surface area contributed by atoms with Crippen molar-refractivity contribution in [2.45, 2.75) is 0 Å². The molecule has 0 unspecified atom stereocenters. The number of amides is 2. The van der Waals surface area contributed by atoms with Crippen LogP contribution < -0.4 is 22.1 Å². The fraction of sp³-hybridized carbons (Fsp3) is 0. The Morgan fingerprint density at radius 1 is 1.24 bits per heavy atom. The number of urea groups is 1. The molecule has 0 aromatic rings. The summed E-state index contributed by atoms with van der Waals surface area (Å²) in [5.74, 6) is -1.10. The highest BCUT2D eigenvalue weighted by Gasteiger charge is 2.26. The second kappa shape index (κ2) is 4.77. The van der Waals surface area contributed by atoms with Gasteiger partial charge in [-0.15, -0.1) is 8.80 Å². The van der Waals surface area contributed by atoms with Gasteiger partial charge in [0.15, 0.2) is 5.84 Å². The number of hydrogen-bond acceptors (Lipinski definition) is 3. The normalized spacial score (nSPS) is 17.6. The largest absolute Gasteiger partial charge is 0.369 e. The molecular weight excluding hydrogens is 295 g/mol. The Hall–Kier alpha value is -1.52. The Kier molecular flexibility index (Phi) is 3.80.